The van der Waals surface area contributed by atoms with Crippen molar-refractivity contribution in [1.29, 1.82) is 0 Å². The van der Waals surface area contributed by atoms with Crippen LogP contribution in [0, 0.1) is 5.92 Å². The Morgan fingerprint density at radius 3 is 2.47 bits per heavy atom. The molecule has 0 aliphatic carbocycles. The number of sulfonamides is 1. The van der Waals surface area contributed by atoms with E-state index in [1.807, 2.05) is 0 Å². The Bertz CT molecular complexity index is 295. The van der Waals surface area contributed by atoms with Gasteiger partial charge < -0.3 is 4.74 Å². The molecule has 1 saturated heterocycles. The lowest BCUT2D eigenvalue weighted by atomic mass is 10.1. The lowest BCUT2D eigenvalue weighted by Crippen LogP contribution is -2.38. The van der Waals surface area contributed by atoms with Gasteiger partial charge >= 0.3 is 0 Å². The van der Waals surface area contributed by atoms with Gasteiger partial charge in [0, 0.05) is 19.8 Å². The number of hydrogen-bond donors (Lipinski definition) is 1. The quantitative estimate of drug-likeness (QED) is 0.714. The molecule has 102 valence electrons. The minimum atomic E-state index is -3.11. The average Bonchev–Trinajstić information content (AvgIpc) is 2.29. The van der Waals surface area contributed by atoms with Crippen molar-refractivity contribution in [3.8, 4) is 0 Å². The number of rotatable bonds is 7. The summed E-state index contributed by atoms with van der Waals surface area (Å²) in [4.78, 5) is 0. The lowest BCUT2D eigenvalue weighted by molar-refractivity contribution is 0.0981. The van der Waals surface area contributed by atoms with Crippen LogP contribution in [0.15, 0.2) is 0 Å². The highest BCUT2D eigenvalue weighted by Crippen LogP contribution is 2.14. The van der Waals surface area contributed by atoms with Crippen molar-refractivity contribution in [1.82, 2.24) is 4.72 Å². The third-order valence-corrected chi connectivity index (χ3v) is 5.07. The molecule has 1 rings (SSSR count). The first kappa shape index (κ1) is 14.9. The van der Waals surface area contributed by atoms with Crippen molar-refractivity contribution in [3.63, 3.8) is 0 Å². The van der Waals surface area contributed by atoms with Crippen molar-refractivity contribution < 1.29 is 13.2 Å². The Morgan fingerprint density at radius 2 is 1.88 bits per heavy atom. The van der Waals surface area contributed by atoms with Crippen LogP contribution in [0.3, 0.4) is 0 Å². The SMILES string of the molecule is CC(C)CCCCNS(=O)(=O)C1CCOCC1. The maximum absolute atomic E-state index is 11.9. The second kappa shape index (κ2) is 7.34. The van der Waals surface area contributed by atoms with Gasteiger partial charge in [0.15, 0.2) is 0 Å². The summed E-state index contributed by atoms with van der Waals surface area (Å²) in [6.07, 6.45) is 4.44. The summed E-state index contributed by atoms with van der Waals surface area (Å²) in [5.41, 5.74) is 0. The van der Waals surface area contributed by atoms with Gasteiger partial charge in [-0.05, 0) is 25.2 Å². The minimum absolute atomic E-state index is 0.249. The van der Waals surface area contributed by atoms with Crippen LogP contribution in [0.25, 0.3) is 0 Å². The normalized spacial score (nSPS) is 18.8. The van der Waals surface area contributed by atoms with Crippen LogP contribution >= 0.6 is 0 Å². The summed E-state index contributed by atoms with van der Waals surface area (Å²) in [5.74, 6) is 0.696. The van der Waals surface area contributed by atoms with Crippen LogP contribution < -0.4 is 4.72 Å². The summed E-state index contributed by atoms with van der Waals surface area (Å²) in [6, 6.07) is 0. The van der Waals surface area contributed by atoms with Crippen molar-refractivity contribution in [2.75, 3.05) is 19.8 Å². The molecule has 4 nitrogen and oxygen atoms in total. The summed E-state index contributed by atoms with van der Waals surface area (Å²) in [7, 11) is -3.11. The van der Waals surface area contributed by atoms with Crippen LogP contribution in [-0.2, 0) is 14.8 Å². The Morgan fingerprint density at radius 1 is 1.24 bits per heavy atom. The van der Waals surface area contributed by atoms with Gasteiger partial charge in [0.25, 0.3) is 0 Å². The third kappa shape index (κ3) is 5.84. The molecular weight excluding hydrogens is 238 g/mol. The topological polar surface area (TPSA) is 55.4 Å². The summed E-state index contributed by atoms with van der Waals surface area (Å²) in [6.45, 7) is 6.09. The van der Waals surface area contributed by atoms with Crippen LogP contribution in [-0.4, -0.2) is 33.4 Å². The van der Waals surface area contributed by atoms with E-state index in [9.17, 15) is 8.42 Å². The molecule has 1 aliphatic rings. The molecule has 1 heterocycles. The second-order valence-corrected chi connectivity index (χ2v) is 7.19. The van der Waals surface area contributed by atoms with Crippen molar-refractivity contribution in [2.24, 2.45) is 5.92 Å². The van der Waals surface area contributed by atoms with Gasteiger partial charge in [0.2, 0.25) is 10.0 Å². The summed E-state index contributed by atoms with van der Waals surface area (Å²) in [5, 5.41) is -0.249. The largest absolute Gasteiger partial charge is 0.381 e. The lowest BCUT2D eigenvalue weighted by Gasteiger charge is -2.22. The molecule has 1 aliphatic heterocycles. The zero-order valence-electron chi connectivity index (χ0n) is 10.9. The third-order valence-electron chi connectivity index (χ3n) is 3.12. The Balaban J connectivity index is 2.20. The van der Waals surface area contributed by atoms with Gasteiger partial charge in [-0.1, -0.05) is 26.7 Å². The fraction of sp³-hybridized carbons (Fsp3) is 1.00. The molecule has 0 atom stereocenters. The molecule has 0 bridgehead atoms. The molecule has 0 spiro atoms. The molecular formula is C12H25NO3S. The van der Waals surface area contributed by atoms with Gasteiger partial charge in [0.05, 0.1) is 5.25 Å². The van der Waals surface area contributed by atoms with E-state index in [-0.39, 0.29) is 5.25 Å². The van der Waals surface area contributed by atoms with E-state index < -0.39 is 10.0 Å². The molecule has 5 heteroatoms. The predicted molar refractivity (Wildman–Crippen MR) is 69.5 cm³/mol. The number of unbranched alkanes of at least 4 members (excludes halogenated alkanes) is 1. The summed E-state index contributed by atoms with van der Waals surface area (Å²) < 4.78 is 31.7. The number of nitrogens with one attached hydrogen (secondary N) is 1. The Hall–Kier alpha value is -0.130. The smallest absolute Gasteiger partial charge is 0.214 e. The molecule has 17 heavy (non-hydrogen) atoms. The first-order valence-electron chi connectivity index (χ1n) is 6.58. The molecule has 0 amide bonds. The first-order valence-corrected chi connectivity index (χ1v) is 8.13. The molecule has 0 saturated carbocycles. The zero-order chi connectivity index (χ0) is 12.7. The van der Waals surface area contributed by atoms with Crippen LogP contribution in [0.2, 0.25) is 0 Å². The van der Waals surface area contributed by atoms with E-state index in [2.05, 4.69) is 18.6 Å². The van der Waals surface area contributed by atoms with E-state index >= 15 is 0 Å². The van der Waals surface area contributed by atoms with Gasteiger partial charge in [-0.3, -0.25) is 0 Å². The Kier molecular flexibility index (Phi) is 6.44. The monoisotopic (exact) mass is 263 g/mol. The van der Waals surface area contributed by atoms with E-state index in [0.29, 0.717) is 38.5 Å². The highest BCUT2D eigenvalue weighted by atomic mass is 32.2. The molecule has 0 aromatic carbocycles. The molecule has 0 aromatic heterocycles. The van der Waals surface area contributed by atoms with Gasteiger partial charge in [-0.2, -0.15) is 0 Å². The van der Waals surface area contributed by atoms with Gasteiger partial charge in [-0.15, -0.1) is 0 Å². The number of ether oxygens (including phenoxy) is 1. The molecule has 0 aromatic rings. The van der Waals surface area contributed by atoms with Crippen molar-refractivity contribution in [3.05, 3.63) is 0 Å². The molecule has 1 N–H and O–H groups in total. The maximum Gasteiger partial charge on any atom is 0.214 e. The Labute approximate surface area is 105 Å². The second-order valence-electron chi connectivity index (χ2n) is 5.14. The standard InChI is InChI=1S/C12H25NO3S/c1-11(2)5-3-4-8-13-17(14,15)12-6-9-16-10-7-12/h11-13H,3-10H2,1-2H3. The van der Waals surface area contributed by atoms with Crippen LogP contribution in [0.1, 0.15) is 46.0 Å². The molecule has 1 fully saturated rings. The zero-order valence-corrected chi connectivity index (χ0v) is 11.8. The van der Waals surface area contributed by atoms with Crippen LogP contribution in [0.4, 0.5) is 0 Å². The highest BCUT2D eigenvalue weighted by molar-refractivity contribution is 7.90. The van der Waals surface area contributed by atoms with E-state index in [4.69, 9.17) is 4.74 Å². The fourth-order valence-corrected chi connectivity index (χ4v) is 3.47. The van der Waals surface area contributed by atoms with E-state index in [1.165, 1.54) is 6.42 Å². The van der Waals surface area contributed by atoms with Crippen molar-refractivity contribution >= 4 is 10.0 Å². The molecule has 0 radical (unpaired) electrons. The molecule has 0 unspecified atom stereocenters. The first-order chi connectivity index (χ1) is 8.02. The fourth-order valence-electron chi connectivity index (χ4n) is 2.00. The average molecular weight is 263 g/mol. The van der Waals surface area contributed by atoms with E-state index in [1.54, 1.807) is 0 Å². The summed E-state index contributed by atoms with van der Waals surface area (Å²) >= 11 is 0. The minimum Gasteiger partial charge on any atom is -0.381 e. The number of hydrogen-bond acceptors (Lipinski definition) is 3. The van der Waals surface area contributed by atoms with E-state index in [0.717, 1.165) is 12.8 Å². The van der Waals surface area contributed by atoms with Gasteiger partial charge in [0.1, 0.15) is 0 Å². The highest BCUT2D eigenvalue weighted by Gasteiger charge is 2.26. The van der Waals surface area contributed by atoms with Gasteiger partial charge in [-0.25, -0.2) is 13.1 Å². The predicted octanol–water partition coefficient (Wildman–Crippen LogP) is 1.91. The maximum atomic E-state index is 11.9. The van der Waals surface area contributed by atoms with Crippen molar-refractivity contribution in [2.45, 2.75) is 51.2 Å². The van der Waals surface area contributed by atoms with Crippen LogP contribution in [0.5, 0.6) is 0 Å².